The largest absolute Gasteiger partial charge is 0.496 e. The highest BCUT2D eigenvalue weighted by atomic mass is 16.5. The minimum Gasteiger partial charge on any atom is -0.496 e. The molecule has 4 nitrogen and oxygen atoms in total. The third-order valence-electron chi connectivity index (χ3n) is 3.01. The zero-order valence-corrected chi connectivity index (χ0v) is 11.5. The average molecular weight is 252 g/mol. The fraction of sp³-hybridized carbons (Fsp3) is 0.500. The van der Waals surface area contributed by atoms with Crippen LogP contribution in [0.5, 0.6) is 11.5 Å². The summed E-state index contributed by atoms with van der Waals surface area (Å²) in [6.07, 6.45) is 0.413. The average Bonchev–Trinajstić information content (AvgIpc) is 2.28. The number of methoxy groups -OCH3 is 2. The predicted octanol–water partition coefficient (Wildman–Crippen LogP) is 2.67. The Labute approximate surface area is 108 Å². The first-order valence-corrected chi connectivity index (χ1v) is 5.76. The molecule has 0 amide bonds. The Balaban J connectivity index is 3.16. The van der Waals surface area contributed by atoms with Crippen LogP contribution < -0.4 is 9.47 Å². The fourth-order valence-corrected chi connectivity index (χ4v) is 1.83. The van der Waals surface area contributed by atoms with Gasteiger partial charge < -0.3 is 14.6 Å². The monoisotopic (exact) mass is 252 g/mol. The van der Waals surface area contributed by atoms with Gasteiger partial charge in [-0.05, 0) is 44.4 Å². The lowest BCUT2D eigenvalue weighted by Gasteiger charge is -2.21. The highest BCUT2D eigenvalue weighted by Gasteiger charge is 2.29. The quantitative estimate of drug-likeness (QED) is 0.875. The van der Waals surface area contributed by atoms with Crippen LogP contribution in [0.3, 0.4) is 0 Å². The maximum absolute atomic E-state index is 11.2. The second-order valence-electron chi connectivity index (χ2n) is 5.00. The fourth-order valence-electron chi connectivity index (χ4n) is 1.83. The molecule has 0 bridgehead atoms. The van der Waals surface area contributed by atoms with E-state index in [0.29, 0.717) is 12.2 Å². The number of rotatable bonds is 5. The van der Waals surface area contributed by atoms with Gasteiger partial charge in [0.1, 0.15) is 11.5 Å². The lowest BCUT2D eigenvalue weighted by atomic mass is 9.85. The Kier molecular flexibility index (Phi) is 4.22. The third kappa shape index (κ3) is 2.94. The van der Waals surface area contributed by atoms with Crippen molar-refractivity contribution in [2.75, 3.05) is 14.2 Å². The number of hydrogen-bond acceptors (Lipinski definition) is 3. The summed E-state index contributed by atoms with van der Waals surface area (Å²) in [6.45, 7) is 5.33. The maximum atomic E-state index is 11.2. The number of hydrogen-bond donors (Lipinski definition) is 1. The molecular formula is C14H20O4. The molecule has 0 aromatic heterocycles. The molecular weight excluding hydrogens is 232 g/mol. The first-order valence-electron chi connectivity index (χ1n) is 5.76. The van der Waals surface area contributed by atoms with Gasteiger partial charge in [-0.3, -0.25) is 4.79 Å². The van der Waals surface area contributed by atoms with Crippen LogP contribution in [-0.2, 0) is 11.2 Å². The summed E-state index contributed by atoms with van der Waals surface area (Å²) in [5, 5.41) is 9.17. The summed E-state index contributed by atoms with van der Waals surface area (Å²) < 4.78 is 10.5. The van der Waals surface area contributed by atoms with E-state index in [1.165, 1.54) is 0 Å². The molecule has 1 aromatic rings. The van der Waals surface area contributed by atoms with Crippen molar-refractivity contribution in [2.45, 2.75) is 27.2 Å². The molecule has 100 valence electrons. The first-order chi connectivity index (χ1) is 8.31. The summed E-state index contributed by atoms with van der Waals surface area (Å²) in [5.41, 5.74) is 1.02. The molecule has 1 N–H and O–H groups in total. The van der Waals surface area contributed by atoms with Crippen LogP contribution in [0.15, 0.2) is 12.1 Å². The molecule has 0 aliphatic rings. The second-order valence-corrected chi connectivity index (χ2v) is 5.00. The Morgan fingerprint density at radius 2 is 1.78 bits per heavy atom. The molecule has 0 spiro atoms. The summed E-state index contributed by atoms with van der Waals surface area (Å²) in [4.78, 5) is 11.2. The smallest absolute Gasteiger partial charge is 0.309 e. The summed E-state index contributed by atoms with van der Waals surface area (Å²) in [5.74, 6) is 0.577. The van der Waals surface area contributed by atoms with Crippen molar-refractivity contribution in [2.24, 2.45) is 5.41 Å². The van der Waals surface area contributed by atoms with Crippen molar-refractivity contribution in [1.82, 2.24) is 0 Å². The van der Waals surface area contributed by atoms with E-state index in [1.54, 1.807) is 34.1 Å². The van der Waals surface area contributed by atoms with E-state index in [-0.39, 0.29) is 0 Å². The number of carboxylic acids is 1. The minimum absolute atomic E-state index is 0.413. The van der Waals surface area contributed by atoms with Gasteiger partial charge in [-0.1, -0.05) is 0 Å². The lowest BCUT2D eigenvalue weighted by Crippen LogP contribution is -2.26. The van der Waals surface area contributed by atoms with Crippen molar-refractivity contribution in [3.63, 3.8) is 0 Å². The molecule has 0 saturated heterocycles. The summed E-state index contributed by atoms with van der Waals surface area (Å²) in [6, 6.07) is 3.71. The van der Waals surface area contributed by atoms with Crippen LogP contribution in [0, 0.1) is 12.3 Å². The van der Waals surface area contributed by atoms with Crippen molar-refractivity contribution in [3.8, 4) is 11.5 Å². The van der Waals surface area contributed by atoms with E-state index in [0.717, 1.165) is 16.9 Å². The van der Waals surface area contributed by atoms with E-state index >= 15 is 0 Å². The first kappa shape index (κ1) is 14.4. The Hall–Kier alpha value is -1.71. The van der Waals surface area contributed by atoms with E-state index in [9.17, 15) is 9.90 Å². The molecule has 0 radical (unpaired) electrons. The van der Waals surface area contributed by atoms with Gasteiger partial charge in [0.15, 0.2) is 0 Å². The third-order valence-corrected chi connectivity index (χ3v) is 3.01. The zero-order chi connectivity index (χ0) is 13.9. The van der Waals surface area contributed by atoms with Crippen molar-refractivity contribution in [3.05, 3.63) is 23.3 Å². The van der Waals surface area contributed by atoms with Gasteiger partial charge in [0.2, 0.25) is 0 Å². The molecule has 4 heteroatoms. The number of ether oxygens (including phenoxy) is 2. The van der Waals surface area contributed by atoms with Gasteiger partial charge in [-0.2, -0.15) is 0 Å². The number of aryl methyl sites for hydroxylation is 1. The Morgan fingerprint density at radius 3 is 2.22 bits per heavy atom. The van der Waals surface area contributed by atoms with Crippen LogP contribution in [0.4, 0.5) is 0 Å². The van der Waals surface area contributed by atoms with Gasteiger partial charge in [0, 0.05) is 6.07 Å². The number of benzene rings is 1. The predicted molar refractivity (Wildman–Crippen MR) is 69.4 cm³/mol. The van der Waals surface area contributed by atoms with Gasteiger partial charge in [-0.25, -0.2) is 0 Å². The molecule has 18 heavy (non-hydrogen) atoms. The zero-order valence-electron chi connectivity index (χ0n) is 11.5. The van der Waals surface area contributed by atoms with Gasteiger partial charge >= 0.3 is 5.97 Å². The highest BCUT2D eigenvalue weighted by molar-refractivity contribution is 5.74. The van der Waals surface area contributed by atoms with E-state index in [2.05, 4.69) is 0 Å². The normalized spacial score (nSPS) is 11.2. The van der Waals surface area contributed by atoms with Gasteiger partial charge in [0.25, 0.3) is 0 Å². The molecule has 0 aliphatic carbocycles. The lowest BCUT2D eigenvalue weighted by molar-refractivity contribution is -0.146. The maximum Gasteiger partial charge on any atom is 0.309 e. The standard InChI is InChI=1S/C14H20O4/c1-9-6-10(8-14(2,3)13(15)16)12(18-5)7-11(9)17-4/h6-7H,8H2,1-5H3,(H,15,16). The molecule has 1 rings (SSSR count). The summed E-state index contributed by atoms with van der Waals surface area (Å²) >= 11 is 0. The number of aliphatic carboxylic acids is 1. The van der Waals surface area contributed by atoms with Crippen LogP contribution in [0.2, 0.25) is 0 Å². The highest BCUT2D eigenvalue weighted by Crippen LogP contribution is 2.33. The second kappa shape index (κ2) is 5.29. The topological polar surface area (TPSA) is 55.8 Å². The summed E-state index contributed by atoms with van der Waals surface area (Å²) in [7, 11) is 3.17. The minimum atomic E-state index is -0.825. The Morgan fingerprint density at radius 1 is 1.22 bits per heavy atom. The number of carbonyl (C=O) groups is 1. The molecule has 0 aliphatic heterocycles. The van der Waals surface area contributed by atoms with Crippen molar-refractivity contribution < 1.29 is 19.4 Å². The van der Waals surface area contributed by atoms with E-state index in [1.807, 2.05) is 13.0 Å². The molecule has 0 fully saturated rings. The van der Waals surface area contributed by atoms with Crippen LogP contribution in [-0.4, -0.2) is 25.3 Å². The van der Waals surface area contributed by atoms with Crippen LogP contribution >= 0.6 is 0 Å². The van der Waals surface area contributed by atoms with Gasteiger partial charge in [-0.15, -0.1) is 0 Å². The number of carboxylic acid groups (broad SMARTS) is 1. The molecule has 0 saturated carbocycles. The molecule has 0 atom stereocenters. The molecule has 0 unspecified atom stereocenters. The van der Waals surface area contributed by atoms with Crippen molar-refractivity contribution >= 4 is 5.97 Å². The SMILES string of the molecule is COc1cc(OC)c(CC(C)(C)C(=O)O)cc1C. The van der Waals surface area contributed by atoms with Crippen LogP contribution in [0.1, 0.15) is 25.0 Å². The van der Waals surface area contributed by atoms with E-state index in [4.69, 9.17) is 9.47 Å². The molecule has 1 aromatic carbocycles. The van der Waals surface area contributed by atoms with E-state index < -0.39 is 11.4 Å². The van der Waals surface area contributed by atoms with Crippen LogP contribution in [0.25, 0.3) is 0 Å². The Bertz CT molecular complexity index is 449. The molecule has 0 heterocycles. The van der Waals surface area contributed by atoms with Crippen molar-refractivity contribution in [1.29, 1.82) is 0 Å². The van der Waals surface area contributed by atoms with Gasteiger partial charge in [0.05, 0.1) is 19.6 Å².